The molecule has 19 heavy (non-hydrogen) atoms. The second-order valence-electron chi connectivity index (χ2n) is 4.74. The topological polar surface area (TPSA) is 49.3 Å². The SMILES string of the molecule is O=C(NC1CCCC(O)C1)c1cc(F)c(F)c(F)c1. The van der Waals surface area contributed by atoms with Gasteiger partial charge in [-0.3, -0.25) is 4.79 Å². The molecule has 1 aliphatic carbocycles. The van der Waals surface area contributed by atoms with Crippen molar-refractivity contribution in [1.82, 2.24) is 5.32 Å². The van der Waals surface area contributed by atoms with Gasteiger partial charge in [-0.1, -0.05) is 0 Å². The number of aliphatic hydroxyl groups is 1. The fourth-order valence-corrected chi connectivity index (χ4v) is 2.25. The molecule has 3 nitrogen and oxygen atoms in total. The molecule has 2 N–H and O–H groups in total. The zero-order valence-corrected chi connectivity index (χ0v) is 10.1. The zero-order chi connectivity index (χ0) is 14.0. The maximum absolute atomic E-state index is 13.0. The van der Waals surface area contributed by atoms with E-state index in [4.69, 9.17) is 0 Å². The van der Waals surface area contributed by atoms with E-state index in [2.05, 4.69) is 5.32 Å². The maximum Gasteiger partial charge on any atom is 0.251 e. The summed E-state index contributed by atoms with van der Waals surface area (Å²) in [5.41, 5.74) is -0.267. The third kappa shape index (κ3) is 3.26. The van der Waals surface area contributed by atoms with Gasteiger partial charge >= 0.3 is 0 Å². The van der Waals surface area contributed by atoms with Crippen LogP contribution in [0.25, 0.3) is 0 Å². The van der Waals surface area contributed by atoms with Crippen LogP contribution in [-0.4, -0.2) is 23.2 Å². The first-order chi connectivity index (χ1) is 8.97. The summed E-state index contributed by atoms with van der Waals surface area (Å²) in [7, 11) is 0. The molecule has 2 atom stereocenters. The largest absolute Gasteiger partial charge is 0.393 e. The summed E-state index contributed by atoms with van der Waals surface area (Å²) in [5, 5.41) is 12.1. The van der Waals surface area contributed by atoms with Gasteiger partial charge in [0.15, 0.2) is 17.5 Å². The molecule has 0 bridgehead atoms. The number of hydrogen-bond donors (Lipinski definition) is 2. The van der Waals surface area contributed by atoms with Crippen molar-refractivity contribution < 1.29 is 23.1 Å². The van der Waals surface area contributed by atoms with Crippen LogP contribution in [0.15, 0.2) is 12.1 Å². The Hall–Kier alpha value is -1.56. The molecule has 0 radical (unpaired) electrons. The van der Waals surface area contributed by atoms with Crippen LogP contribution in [0.1, 0.15) is 36.0 Å². The highest BCUT2D eigenvalue weighted by Gasteiger charge is 2.23. The monoisotopic (exact) mass is 273 g/mol. The molecule has 1 aromatic carbocycles. The lowest BCUT2D eigenvalue weighted by Crippen LogP contribution is -2.39. The highest BCUT2D eigenvalue weighted by Crippen LogP contribution is 2.19. The van der Waals surface area contributed by atoms with Crippen molar-refractivity contribution in [2.75, 3.05) is 0 Å². The Morgan fingerprint density at radius 1 is 1.21 bits per heavy atom. The number of halogens is 3. The first kappa shape index (κ1) is 13.9. The molecule has 0 saturated heterocycles. The van der Waals surface area contributed by atoms with Crippen LogP contribution in [0.5, 0.6) is 0 Å². The smallest absolute Gasteiger partial charge is 0.251 e. The normalized spacial score (nSPS) is 23.2. The molecular weight excluding hydrogens is 259 g/mol. The van der Waals surface area contributed by atoms with E-state index in [9.17, 15) is 23.1 Å². The third-order valence-corrected chi connectivity index (χ3v) is 3.23. The van der Waals surface area contributed by atoms with Crippen molar-refractivity contribution in [2.24, 2.45) is 0 Å². The van der Waals surface area contributed by atoms with E-state index in [1.165, 1.54) is 0 Å². The second-order valence-corrected chi connectivity index (χ2v) is 4.74. The van der Waals surface area contributed by atoms with Crippen LogP contribution in [0.3, 0.4) is 0 Å². The summed E-state index contributed by atoms with van der Waals surface area (Å²) >= 11 is 0. The summed E-state index contributed by atoms with van der Waals surface area (Å²) in [4.78, 5) is 11.8. The fraction of sp³-hybridized carbons (Fsp3) is 0.462. The first-order valence-electron chi connectivity index (χ1n) is 6.11. The van der Waals surface area contributed by atoms with Crippen LogP contribution < -0.4 is 5.32 Å². The van der Waals surface area contributed by atoms with Gasteiger partial charge in [0.1, 0.15) is 0 Å². The number of nitrogens with one attached hydrogen (secondary N) is 1. The lowest BCUT2D eigenvalue weighted by Gasteiger charge is -2.26. The van der Waals surface area contributed by atoms with E-state index in [1.54, 1.807) is 0 Å². The average molecular weight is 273 g/mol. The van der Waals surface area contributed by atoms with Crippen molar-refractivity contribution in [2.45, 2.75) is 37.8 Å². The summed E-state index contributed by atoms with van der Waals surface area (Å²) < 4.78 is 38.8. The molecule has 2 rings (SSSR count). The van der Waals surface area contributed by atoms with Crippen molar-refractivity contribution in [1.29, 1.82) is 0 Å². The van der Waals surface area contributed by atoms with Gasteiger partial charge in [0.25, 0.3) is 5.91 Å². The standard InChI is InChI=1S/C13H14F3NO2/c14-10-4-7(5-11(15)12(10)16)13(19)17-8-2-1-3-9(18)6-8/h4-5,8-9,18H,1-3,6H2,(H,17,19). The summed E-state index contributed by atoms with van der Waals surface area (Å²) in [6.07, 6.45) is 2.11. The van der Waals surface area contributed by atoms with Gasteiger partial charge in [-0.2, -0.15) is 0 Å². The molecule has 0 spiro atoms. The molecule has 0 aliphatic heterocycles. The molecule has 0 heterocycles. The van der Waals surface area contributed by atoms with Gasteiger partial charge in [0.05, 0.1) is 6.10 Å². The van der Waals surface area contributed by atoms with Gasteiger partial charge in [-0.25, -0.2) is 13.2 Å². The minimum Gasteiger partial charge on any atom is -0.393 e. The van der Waals surface area contributed by atoms with Crippen LogP contribution in [0.4, 0.5) is 13.2 Å². The van der Waals surface area contributed by atoms with Crippen LogP contribution >= 0.6 is 0 Å². The van der Waals surface area contributed by atoms with E-state index in [0.717, 1.165) is 6.42 Å². The summed E-state index contributed by atoms with van der Waals surface area (Å²) in [6.45, 7) is 0. The van der Waals surface area contributed by atoms with Crippen molar-refractivity contribution >= 4 is 5.91 Å². The minimum absolute atomic E-state index is 0.229. The van der Waals surface area contributed by atoms with Gasteiger partial charge < -0.3 is 10.4 Å². The van der Waals surface area contributed by atoms with E-state index in [1.807, 2.05) is 0 Å². The van der Waals surface area contributed by atoms with Gasteiger partial charge in [-0.15, -0.1) is 0 Å². The molecule has 1 fully saturated rings. The Balaban J connectivity index is 2.07. The van der Waals surface area contributed by atoms with Gasteiger partial charge in [0.2, 0.25) is 0 Å². The van der Waals surface area contributed by atoms with E-state index in [0.29, 0.717) is 31.4 Å². The minimum atomic E-state index is -1.59. The number of benzene rings is 1. The van der Waals surface area contributed by atoms with Crippen molar-refractivity contribution in [3.63, 3.8) is 0 Å². The van der Waals surface area contributed by atoms with Gasteiger partial charge in [0, 0.05) is 11.6 Å². The number of carbonyl (C=O) groups excluding carboxylic acids is 1. The summed E-state index contributed by atoms with van der Waals surface area (Å²) in [6, 6.07) is 1.09. The Labute approximate surface area is 108 Å². The molecule has 1 aliphatic rings. The lowest BCUT2D eigenvalue weighted by atomic mass is 9.93. The summed E-state index contributed by atoms with van der Waals surface area (Å²) in [5.74, 6) is -5.05. The Kier molecular flexibility index (Phi) is 4.09. The van der Waals surface area contributed by atoms with E-state index >= 15 is 0 Å². The Bertz CT molecular complexity index is 470. The van der Waals surface area contributed by atoms with Gasteiger partial charge in [-0.05, 0) is 37.8 Å². The molecule has 1 amide bonds. The van der Waals surface area contributed by atoms with Crippen LogP contribution in [0.2, 0.25) is 0 Å². The highest BCUT2D eigenvalue weighted by atomic mass is 19.2. The highest BCUT2D eigenvalue weighted by molar-refractivity contribution is 5.94. The Morgan fingerprint density at radius 3 is 2.42 bits per heavy atom. The molecule has 1 saturated carbocycles. The first-order valence-corrected chi connectivity index (χ1v) is 6.11. The molecule has 1 aromatic rings. The molecule has 0 aromatic heterocycles. The lowest BCUT2D eigenvalue weighted by molar-refractivity contribution is 0.0849. The predicted molar refractivity (Wildman–Crippen MR) is 62.0 cm³/mol. The number of carbonyl (C=O) groups is 1. The average Bonchev–Trinajstić information content (AvgIpc) is 2.35. The maximum atomic E-state index is 13.0. The van der Waals surface area contributed by atoms with E-state index in [-0.39, 0.29) is 11.6 Å². The molecule has 104 valence electrons. The zero-order valence-electron chi connectivity index (χ0n) is 10.1. The molecule has 2 unspecified atom stereocenters. The number of aliphatic hydroxyl groups excluding tert-OH is 1. The quantitative estimate of drug-likeness (QED) is 0.811. The van der Waals surface area contributed by atoms with E-state index < -0.39 is 29.5 Å². The van der Waals surface area contributed by atoms with Crippen molar-refractivity contribution in [3.8, 4) is 0 Å². The number of amides is 1. The van der Waals surface area contributed by atoms with Crippen molar-refractivity contribution in [3.05, 3.63) is 35.1 Å². The molecular formula is C13H14F3NO2. The Morgan fingerprint density at radius 2 is 1.84 bits per heavy atom. The number of hydrogen-bond acceptors (Lipinski definition) is 2. The predicted octanol–water partition coefficient (Wildman–Crippen LogP) is 2.14. The van der Waals surface area contributed by atoms with Crippen LogP contribution in [-0.2, 0) is 0 Å². The second kappa shape index (κ2) is 5.61. The molecule has 6 heteroatoms. The fourth-order valence-electron chi connectivity index (χ4n) is 2.25. The number of rotatable bonds is 2. The third-order valence-electron chi connectivity index (χ3n) is 3.23. The van der Waals surface area contributed by atoms with Crippen LogP contribution in [0, 0.1) is 17.5 Å².